The Labute approximate surface area is 174 Å². The lowest BCUT2D eigenvalue weighted by molar-refractivity contribution is -0.156. The summed E-state index contributed by atoms with van der Waals surface area (Å²) >= 11 is 0. The van der Waals surface area contributed by atoms with Crippen LogP contribution in [0.2, 0.25) is 0 Å². The highest BCUT2D eigenvalue weighted by Crippen LogP contribution is 2.41. The molecule has 0 aromatic carbocycles. The molecule has 0 amide bonds. The first kappa shape index (κ1) is 23.4. The number of carboxylic acid groups (broad SMARTS) is 1. The maximum Gasteiger partial charge on any atom is 0.333 e. The first-order valence-electron chi connectivity index (χ1n) is 10.8. The monoisotopic (exact) mass is 408 g/mol. The lowest BCUT2D eigenvalue weighted by atomic mass is 9.69. The number of carbonyl (C=O) groups is 3. The van der Waals surface area contributed by atoms with Crippen LogP contribution in [0.4, 0.5) is 0 Å². The molecule has 2 rings (SSSR count). The third-order valence-corrected chi connectivity index (χ3v) is 6.44. The highest BCUT2D eigenvalue weighted by Gasteiger charge is 2.35. The summed E-state index contributed by atoms with van der Waals surface area (Å²) in [5, 5.41) is 9.14. The van der Waals surface area contributed by atoms with Crippen LogP contribution in [0.3, 0.4) is 0 Å². The fourth-order valence-corrected chi connectivity index (χ4v) is 4.47. The fourth-order valence-electron chi connectivity index (χ4n) is 4.47. The molecule has 6 heteroatoms. The van der Waals surface area contributed by atoms with Gasteiger partial charge in [0.25, 0.3) is 0 Å². The summed E-state index contributed by atoms with van der Waals surface area (Å²) in [5.41, 5.74) is -0.0909. The molecule has 1 N–H and O–H groups in total. The number of rotatable bonds is 8. The number of ether oxygens (including phenoxy) is 2. The van der Waals surface area contributed by atoms with Crippen LogP contribution in [0.5, 0.6) is 0 Å². The van der Waals surface area contributed by atoms with E-state index in [0.29, 0.717) is 17.4 Å². The number of aliphatic carboxylic acids is 1. The third kappa shape index (κ3) is 7.16. The van der Waals surface area contributed by atoms with E-state index in [2.05, 4.69) is 6.58 Å². The van der Waals surface area contributed by atoms with Crippen molar-refractivity contribution in [2.45, 2.75) is 72.1 Å². The number of hydrogen-bond donors (Lipinski definition) is 1. The summed E-state index contributed by atoms with van der Waals surface area (Å²) in [4.78, 5) is 35.1. The third-order valence-electron chi connectivity index (χ3n) is 6.44. The Morgan fingerprint density at radius 3 is 1.76 bits per heavy atom. The molecule has 6 nitrogen and oxygen atoms in total. The van der Waals surface area contributed by atoms with E-state index in [0.717, 1.165) is 51.4 Å². The molecule has 0 aliphatic heterocycles. The zero-order chi connectivity index (χ0) is 21.6. The van der Waals surface area contributed by atoms with Gasteiger partial charge in [-0.3, -0.25) is 9.59 Å². The standard InChI is InChI=1S/C23H36O6/c1-15(2)21(26)28-13-23(3,4)14-29-22(27)19-11-7-17(8-12-19)16-5-9-18(10-6-16)20(24)25/h16-19H,1,5-14H2,2-4H3,(H,24,25). The van der Waals surface area contributed by atoms with Gasteiger partial charge in [-0.1, -0.05) is 20.4 Å². The van der Waals surface area contributed by atoms with Crippen LogP contribution in [0, 0.1) is 29.1 Å². The molecule has 0 radical (unpaired) electrons. The largest absolute Gasteiger partial charge is 0.481 e. The van der Waals surface area contributed by atoms with Crippen molar-refractivity contribution in [1.29, 1.82) is 0 Å². The smallest absolute Gasteiger partial charge is 0.333 e. The molecule has 0 spiro atoms. The topological polar surface area (TPSA) is 89.9 Å². The van der Waals surface area contributed by atoms with Gasteiger partial charge >= 0.3 is 17.9 Å². The molecule has 2 fully saturated rings. The lowest BCUT2D eigenvalue weighted by Gasteiger charge is -2.36. The van der Waals surface area contributed by atoms with E-state index in [1.54, 1.807) is 6.92 Å². The van der Waals surface area contributed by atoms with Crippen LogP contribution in [0.1, 0.15) is 72.1 Å². The van der Waals surface area contributed by atoms with Crippen LogP contribution in [0.25, 0.3) is 0 Å². The van der Waals surface area contributed by atoms with Gasteiger partial charge in [0.15, 0.2) is 0 Å². The first-order valence-corrected chi connectivity index (χ1v) is 10.8. The van der Waals surface area contributed by atoms with Crippen LogP contribution in [-0.4, -0.2) is 36.2 Å². The summed E-state index contributed by atoms with van der Waals surface area (Å²) in [6, 6.07) is 0. The summed E-state index contributed by atoms with van der Waals surface area (Å²) in [7, 11) is 0. The van der Waals surface area contributed by atoms with Crippen LogP contribution in [0.15, 0.2) is 12.2 Å². The van der Waals surface area contributed by atoms with Gasteiger partial charge in [-0.2, -0.15) is 0 Å². The molecule has 0 aromatic heterocycles. The minimum Gasteiger partial charge on any atom is -0.481 e. The number of hydrogen-bond acceptors (Lipinski definition) is 5. The molecule has 0 aromatic rings. The molecule has 0 bridgehead atoms. The average Bonchev–Trinajstić information content (AvgIpc) is 2.70. The van der Waals surface area contributed by atoms with E-state index in [9.17, 15) is 14.4 Å². The van der Waals surface area contributed by atoms with E-state index in [1.165, 1.54) is 0 Å². The quantitative estimate of drug-likeness (QED) is 0.474. The Hall–Kier alpha value is -1.85. The minimum absolute atomic E-state index is 0.0598. The van der Waals surface area contributed by atoms with Gasteiger partial charge in [0.05, 0.1) is 25.0 Å². The second kappa shape index (κ2) is 10.3. The molecule has 29 heavy (non-hydrogen) atoms. The maximum atomic E-state index is 12.5. The van der Waals surface area contributed by atoms with Gasteiger partial charge in [0, 0.05) is 11.0 Å². The Bertz CT molecular complexity index is 607. The van der Waals surface area contributed by atoms with Crippen LogP contribution in [-0.2, 0) is 23.9 Å². The summed E-state index contributed by atoms with van der Waals surface area (Å²) in [6.07, 6.45) is 7.27. The Morgan fingerprint density at radius 2 is 1.31 bits per heavy atom. The lowest BCUT2D eigenvalue weighted by Crippen LogP contribution is -2.33. The SMILES string of the molecule is C=C(C)C(=O)OCC(C)(C)COC(=O)C1CCC(C2CCC(C(=O)O)CC2)CC1. The summed E-state index contributed by atoms with van der Waals surface area (Å²) < 4.78 is 10.7. The van der Waals surface area contributed by atoms with Crippen molar-refractivity contribution >= 4 is 17.9 Å². The van der Waals surface area contributed by atoms with Crippen molar-refractivity contribution in [2.75, 3.05) is 13.2 Å². The van der Waals surface area contributed by atoms with E-state index < -0.39 is 17.4 Å². The zero-order valence-electron chi connectivity index (χ0n) is 18.1. The maximum absolute atomic E-state index is 12.5. The molecule has 0 atom stereocenters. The van der Waals surface area contributed by atoms with Crippen molar-refractivity contribution < 1.29 is 29.0 Å². The predicted octanol–water partition coefficient (Wildman–Crippen LogP) is 4.37. The average molecular weight is 409 g/mol. The highest BCUT2D eigenvalue weighted by atomic mass is 16.5. The molecule has 0 saturated heterocycles. The summed E-state index contributed by atoms with van der Waals surface area (Å²) in [5.74, 6) is -0.271. The Kier molecular flexibility index (Phi) is 8.29. The second-order valence-electron chi connectivity index (χ2n) is 9.69. The van der Waals surface area contributed by atoms with Crippen molar-refractivity contribution in [3.63, 3.8) is 0 Å². The molecule has 2 saturated carbocycles. The molecule has 2 aliphatic rings. The Morgan fingerprint density at radius 1 is 0.862 bits per heavy atom. The van der Waals surface area contributed by atoms with E-state index in [-0.39, 0.29) is 31.0 Å². The van der Waals surface area contributed by atoms with E-state index >= 15 is 0 Å². The first-order chi connectivity index (χ1) is 13.6. The predicted molar refractivity (Wildman–Crippen MR) is 109 cm³/mol. The Balaban J connectivity index is 1.70. The normalized spacial score (nSPS) is 27.7. The highest BCUT2D eigenvalue weighted by molar-refractivity contribution is 5.86. The number of esters is 2. The van der Waals surface area contributed by atoms with Gasteiger partial charge in [-0.15, -0.1) is 0 Å². The van der Waals surface area contributed by atoms with Gasteiger partial charge in [0.2, 0.25) is 0 Å². The van der Waals surface area contributed by atoms with Crippen LogP contribution < -0.4 is 0 Å². The number of carbonyl (C=O) groups excluding carboxylic acids is 2. The van der Waals surface area contributed by atoms with E-state index in [4.69, 9.17) is 14.6 Å². The zero-order valence-corrected chi connectivity index (χ0v) is 18.1. The molecule has 164 valence electrons. The molecular formula is C23H36O6. The molecule has 0 heterocycles. The van der Waals surface area contributed by atoms with Crippen molar-refractivity contribution in [3.05, 3.63) is 12.2 Å². The van der Waals surface area contributed by atoms with Crippen molar-refractivity contribution in [2.24, 2.45) is 29.1 Å². The van der Waals surface area contributed by atoms with Crippen molar-refractivity contribution in [3.8, 4) is 0 Å². The molecule has 0 unspecified atom stereocenters. The molecule has 2 aliphatic carbocycles. The van der Waals surface area contributed by atoms with Gasteiger partial charge < -0.3 is 14.6 Å². The second-order valence-corrected chi connectivity index (χ2v) is 9.69. The number of carboxylic acids is 1. The van der Waals surface area contributed by atoms with Crippen molar-refractivity contribution in [1.82, 2.24) is 0 Å². The minimum atomic E-state index is -0.660. The molecular weight excluding hydrogens is 372 g/mol. The fraction of sp³-hybridized carbons (Fsp3) is 0.783. The van der Waals surface area contributed by atoms with E-state index in [1.807, 2.05) is 13.8 Å². The van der Waals surface area contributed by atoms with Gasteiger partial charge in [-0.05, 0) is 70.1 Å². The summed E-state index contributed by atoms with van der Waals surface area (Å²) in [6.45, 7) is 9.35. The van der Waals surface area contributed by atoms with Crippen LogP contribution >= 0.6 is 0 Å². The van der Waals surface area contributed by atoms with Gasteiger partial charge in [0.1, 0.15) is 0 Å². The van der Waals surface area contributed by atoms with Gasteiger partial charge in [-0.25, -0.2) is 4.79 Å².